The predicted octanol–water partition coefficient (Wildman–Crippen LogP) is 2.22. The lowest BCUT2D eigenvalue weighted by molar-refractivity contribution is 0.0952. The van der Waals surface area contributed by atoms with Crippen molar-refractivity contribution in [3.63, 3.8) is 0 Å². The van der Waals surface area contributed by atoms with Crippen LogP contribution in [0.2, 0.25) is 0 Å². The quantitative estimate of drug-likeness (QED) is 0.891. The molecule has 16 heavy (non-hydrogen) atoms. The number of carbonyl (C=O) groups is 1. The minimum absolute atomic E-state index is 0.0422. The molecule has 1 rings (SSSR count). The molecule has 1 aromatic rings. The van der Waals surface area contributed by atoms with Crippen molar-refractivity contribution in [2.75, 3.05) is 6.54 Å². The maximum absolute atomic E-state index is 11.8. The molecular weight excluding hydrogens is 268 g/mol. The lowest BCUT2D eigenvalue weighted by Crippen LogP contribution is -2.29. The van der Waals surface area contributed by atoms with Crippen LogP contribution in [0.3, 0.4) is 0 Å². The molecular formula is C12H17BrN2O. The van der Waals surface area contributed by atoms with Gasteiger partial charge in [-0.3, -0.25) is 4.79 Å². The number of rotatable bonds is 4. The molecule has 0 aliphatic heterocycles. The van der Waals surface area contributed by atoms with Crippen molar-refractivity contribution >= 4 is 21.8 Å². The molecule has 3 N–H and O–H groups in total. The molecule has 0 bridgehead atoms. The molecule has 0 heterocycles. The Kier molecular flexibility index (Phi) is 4.96. The summed E-state index contributed by atoms with van der Waals surface area (Å²) >= 11 is 3.36. The first-order chi connectivity index (χ1) is 7.50. The van der Waals surface area contributed by atoms with Crippen LogP contribution < -0.4 is 11.1 Å². The van der Waals surface area contributed by atoms with E-state index in [1.165, 1.54) is 0 Å². The molecule has 1 unspecified atom stereocenters. The van der Waals surface area contributed by atoms with Gasteiger partial charge in [-0.1, -0.05) is 22.0 Å². The van der Waals surface area contributed by atoms with Gasteiger partial charge in [-0.25, -0.2) is 0 Å². The van der Waals surface area contributed by atoms with Crippen molar-refractivity contribution in [2.24, 2.45) is 5.73 Å². The van der Waals surface area contributed by atoms with E-state index in [-0.39, 0.29) is 11.9 Å². The molecule has 0 saturated carbocycles. The van der Waals surface area contributed by atoms with Crippen LogP contribution in [0.4, 0.5) is 0 Å². The molecule has 88 valence electrons. The minimum Gasteiger partial charge on any atom is -0.352 e. The van der Waals surface area contributed by atoms with Gasteiger partial charge in [0, 0.05) is 22.6 Å². The summed E-state index contributed by atoms with van der Waals surface area (Å²) in [5.41, 5.74) is 7.29. The second-order valence-electron chi connectivity index (χ2n) is 3.98. The van der Waals surface area contributed by atoms with E-state index in [9.17, 15) is 4.79 Å². The summed E-state index contributed by atoms with van der Waals surface area (Å²) in [7, 11) is 0. The topological polar surface area (TPSA) is 55.1 Å². The normalized spacial score (nSPS) is 12.2. The Hall–Kier alpha value is -0.870. The van der Waals surface area contributed by atoms with Gasteiger partial charge in [0.05, 0.1) is 0 Å². The highest BCUT2D eigenvalue weighted by atomic mass is 79.9. The molecule has 0 spiro atoms. The first kappa shape index (κ1) is 13.2. The summed E-state index contributed by atoms with van der Waals surface area (Å²) in [6.45, 7) is 4.46. The Balaban J connectivity index is 2.62. The second-order valence-corrected chi connectivity index (χ2v) is 4.90. The zero-order valence-electron chi connectivity index (χ0n) is 9.59. The Morgan fingerprint density at radius 2 is 2.25 bits per heavy atom. The Morgan fingerprint density at radius 1 is 1.56 bits per heavy atom. The Labute approximate surface area is 105 Å². The standard InChI is InChI=1S/C12H17BrN2O/c1-8-3-4-10(13)7-11(8)12(16)15-6-5-9(2)14/h3-4,7,9H,5-6,14H2,1-2H3,(H,15,16). The lowest BCUT2D eigenvalue weighted by Gasteiger charge is -2.09. The average Bonchev–Trinajstić information content (AvgIpc) is 2.21. The van der Waals surface area contributed by atoms with Crippen LogP contribution >= 0.6 is 15.9 Å². The van der Waals surface area contributed by atoms with Crippen molar-refractivity contribution in [1.82, 2.24) is 5.32 Å². The molecule has 1 atom stereocenters. The number of aryl methyl sites for hydroxylation is 1. The summed E-state index contributed by atoms with van der Waals surface area (Å²) in [5.74, 6) is -0.0422. The van der Waals surface area contributed by atoms with Crippen LogP contribution in [0.15, 0.2) is 22.7 Å². The summed E-state index contributed by atoms with van der Waals surface area (Å²) in [6.07, 6.45) is 0.790. The van der Waals surface area contributed by atoms with E-state index in [4.69, 9.17) is 5.73 Å². The molecule has 4 heteroatoms. The van der Waals surface area contributed by atoms with E-state index in [1.807, 2.05) is 32.0 Å². The number of nitrogens with one attached hydrogen (secondary N) is 1. The first-order valence-corrected chi connectivity index (χ1v) is 6.10. The monoisotopic (exact) mass is 284 g/mol. The highest BCUT2D eigenvalue weighted by Crippen LogP contribution is 2.15. The fourth-order valence-electron chi connectivity index (χ4n) is 1.35. The number of nitrogens with two attached hydrogens (primary N) is 1. The van der Waals surface area contributed by atoms with Crippen molar-refractivity contribution in [3.8, 4) is 0 Å². The number of halogens is 1. The summed E-state index contributed by atoms with van der Waals surface area (Å²) < 4.78 is 0.912. The number of amides is 1. The van der Waals surface area contributed by atoms with E-state index < -0.39 is 0 Å². The molecule has 0 saturated heterocycles. The van der Waals surface area contributed by atoms with Gasteiger partial charge >= 0.3 is 0 Å². The van der Waals surface area contributed by atoms with Gasteiger partial charge in [0.2, 0.25) is 0 Å². The first-order valence-electron chi connectivity index (χ1n) is 5.30. The SMILES string of the molecule is Cc1ccc(Br)cc1C(=O)NCCC(C)N. The van der Waals surface area contributed by atoms with Crippen LogP contribution in [0.25, 0.3) is 0 Å². The molecule has 0 radical (unpaired) electrons. The van der Waals surface area contributed by atoms with Gasteiger partial charge in [-0.2, -0.15) is 0 Å². The van der Waals surface area contributed by atoms with Gasteiger partial charge < -0.3 is 11.1 Å². The molecule has 1 amide bonds. The molecule has 0 aromatic heterocycles. The number of carbonyl (C=O) groups excluding carboxylic acids is 1. The fourth-order valence-corrected chi connectivity index (χ4v) is 1.71. The van der Waals surface area contributed by atoms with Crippen LogP contribution in [-0.4, -0.2) is 18.5 Å². The smallest absolute Gasteiger partial charge is 0.251 e. The van der Waals surface area contributed by atoms with E-state index in [2.05, 4.69) is 21.2 Å². The van der Waals surface area contributed by atoms with Crippen molar-refractivity contribution in [2.45, 2.75) is 26.3 Å². The van der Waals surface area contributed by atoms with E-state index in [1.54, 1.807) is 0 Å². The van der Waals surface area contributed by atoms with Crippen LogP contribution in [0, 0.1) is 6.92 Å². The molecule has 0 aliphatic carbocycles. The number of hydrogen-bond acceptors (Lipinski definition) is 2. The van der Waals surface area contributed by atoms with E-state index >= 15 is 0 Å². The van der Waals surface area contributed by atoms with E-state index in [0.29, 0.717) is 12.1 Å². The van der Waals surface area contributed by atoms with Gasteiger partial charge in [0.1, 0.15) is 0 Å². The molecule has 3 nitrogen and oxygen atoms in total. The molecule has 0 aliphatic rings. The fraction of sp³-hybridized carbons (Fsp3) is 0.417. The van der Waals surface area contributed by atoms with Crippen molar-refractivity contribution in [1.29, 1.82) is 0 Å². The highest BCUT2D eigenvalue weighted by molar-refractivity contribution is 9.10. The Morgan fingerprint density at radius 3 is 2.88 bits per heavy atom. The highest BCUT2D eigenvalue weighted by Gasteiger charge is 2.08. The number of hydrogen-bond donors (Lipinski definition) is 2. The van der Waals surface area contributed by atoms with Crippen molar-refractivity contribution < 1.29 is 4.79 Å². The maximum Gasteiger partial charge on any atom is 0.251 e. The Bertz CT molecular complexity index is 377. The summed E-state index contributed by atoms with van der Waals surface area (Å²) in [6, 6.07) is 5.79. The third kappa shape index (κ3) is 3.94. The summed E-state index contributed by atoms with van der Waals surface area (Å²) in [4.78, 5) is 11.8. The molecule has 1 aromatic carbocycles. The van der Waals surface area contributed by atoms with Crippen LogP contribution in [0.1, 0.15) is 29.3 Å². The van der Waals surface area contributed by atoms with Gasteiger partial charge in [0.15, 0.2) is 0 Å². The van der Waals surface area contributed by atoms with Gasteiger partial charge in [0.25, 0.3) is 5.91 Å². The van der Waals surface area contributed by atoms with E-state index in [0.717, 1.165) is 16.5 Å². The summed E-state index contributed by atoms with van der Waals surface area (Å²) in [5, 5.41) is 2.86. The predicted molar refractivity (Wildman–Crippen MR) is 69.5 cm³/mol. The zero-order valence-corrected chi connectivity index (χ0v) is 11.2. The van der Waals surface area contributed by atoms with Crippen molar-refractivity contribution in [3.05, 3.63) is 33.8 Å². The second kappa shape index (κ2) is 6.01. The average molecular weight is 285 g/mol. The maximum atomic E-state index is 11.8. The minimum atomic E-state index is -0.0422. The third-order valence-corrected chi connectivity index (χ3v) is 2.82. The number of benzene rings is 1. The largest absolute Gasteiger partial charge is 0.352 e. The lowest BCUT2D eigenvalue weighted by atomic mass is 10.1. The molecule has 0 fully saturated rings. The van der Waals surface area contributed by atoms with Gasteiger partial charge in [-0.15, -0.1) is 0 Å². The van der Waals surface area contributed by atoms with Gasteiger partial charge in [-0.05, 0) is 38.0 Å². The van der Waals surface area contributed by atoms with Crippen LogP contribution in [0.5, 0.6) is 0 Å². The third-order valence-electron chi connectivity index (χ3n) is 2.33. The van der Waals surface area contributed by atoms with Crippen LogP contribution in [-0.2, 0) is 0 Å². The zero-order chi connectivity index (χ0) is 12.1.